The van der Waals surface area contributed by atoms with Crippen molar-refractivity contribution in [2.24, 2.45) is 11.8 Å². The molecule has 1 aliphatic heterocycles. The van der Waals surface area contributed by atoms with E-state index in [9.17, 15) is 14.7 Å². The number of aliphatic carboxylic acids is 1. The number of carboxylic acid groups (broad SMARTS) is 1. The van der Waals surface area contributed by atoms with Crippen molar-refractivity contribution in [3.63, 3.8) is 0 Å². The minimum Gasteiger partial charge on any atom is -0.481 e. The number of carbonyl (C=O) groups excluding carboxylic acids is 1. The van der Waals surface area contributed by atoms with E-state index < -0.39 is 17.8 Å². The van der Waals surface area contributed by atoms with Crippen molar-refractivity contribution in [3.05, 3.63) is 48.2 Å². The van der Waals surface area contributed by atoms with Crippen LogP contribution in [0.2, 0.25) is 0 Å². The highest BCUT2D eigenvalue weighted by Crippen LogP contribution is 2.49. The highest BCUT2D eigenvalue weighted by molar-refractivity contribution is 5.94. The van der Waals surface area contributed by atoms with Gasteiger partial charge in [-0.1, -0.05) is 43.5 Å². The van der Waals surface area contributed by atoms with Crippen LogP contribution in [0.15, 0.2) is 36.9 Å². The second kappa shape index (κ2) is 7.05. The van der Waals surface area contributed by atoms with E-state index in [0.29, 0.717) is 19.1 Å². The van der Waals surface area contributed by atoms with E-state index in [4.69, 9.17) is 0 Å². The molecule has 0 radical (unpaired) electrons. The molecule has 2 fully saturated rings. The van der Waals surface area contributed by atoms with Gasteiger partial charge in [0.15, 0.2) is 0 Å². The molecule has 1 amide bonds. The number of nitrogens with zero attached hydrogens (tertiary/aromatic N) is 2. The Bertz CT molecular complexity index is 985. The average Bonchev–Trinajstić information content (AvgIpc) is 3.23. The molecule has 2 aromatic rings. The topological polar surface area (TPSA) is 62.5 Å². The highest BCUT2D eigenvalue weighted by atomic mass is 16.4. The van der Waals surface area contributed by atoms with Gasteiger partial charge in [-0.2, -0.15) is 0 Å². The van der Waals surface area contributed by atoms with Gasteiger partial charge in [-0.15, -0.1) is 6.58 Å². The minimum atomic E-state index is -0.882. The first-order valence-corrected chi connectivity index (χ1v) is 10.9. The molecule has 2 aliphatic carbocycles. The molecule has 1 aromatic carbocycles. The zero-order valence-corrected chi connectivity index (χ0v) is 16.7. The van der Waals surface area contributed by atoms with Crippen LogP contribution in [-0.4, -0.2) is 39.0 Å². The lowest BCUT2D eigenvalue weighted by atomic mass is 9.72. The summed E-state index contributed by atoms with van der Waals surface area (Å²) in [6.07, 6.45) is 8.28. The summed E-state index contributed by atoms with van der Waals surface area (Å²) in [6.45, 7) is 5.13. The number of fused-ring (bicyclic) bond motifs is 4. The fraction of sp³-hybridized carbons (Fsp3) is 0.500. The number of carboxylic acids is 1. The Morgan fingerprint density at radius 3 is 2.69 bits per heavy atom. The number of amides is 1. The molecule has 1 saturated heterocycles. The van der Waals surface area contributed by atoms with Gasteiger partial charge in [0, 0.05) is 35.7 Å². The number of para-hydroxylation sites is 1. The van der Waals surface area contributed by atoms with Gasteiger partial charge in [0.1, 0.15) is 5.92 Å². The third kappa shape index (κ3) is 2.74. The maximum atomic E-state index is 13.5. The largest absolute Gasteiger partial charge is 0.481 e. The zero-order chi connectivity index (χ0) is 20.1. The first kappa shape index (κ1) is 18.5. The van der Waals surface area contributed by atoms with Crippen LogP contribution >= 0.6 is 0 Å². The van der Waals surface area contributed by atoms with E-state index in [1.165, 1.54) is 19.3 Å². The van der Waals surface area contributed by atoms with Crippen LogP contribution in [0.3, 0.4) is 0 Å². The molecule has 5 nitrogen and oxygen atoms in total. The average molecular weight is 392 g/mol. The molecule has 2 heterocycles. The van der Waals surface area contributed by atoms with Crippen LogP contribution in [0.4, 0.5) is 0 Å². The molecule has 5 heteroatoms. The molecule has 1 N–H and O–H groups in total. The lowest BCUT2D eigenvalue weighted by Crippen LogP contribution is -2.41. The Hall–Kier alpha value is -2.56. The number of carbonyl (C=O) groups is 2. The normalized spacial score (nSPS) is 27.1. The first-order chi connectivity index (χ1) is 14.1. The monoisotopic (exact) mass is 392 g/mol. The lowest BCUT2D eigenvalue weighted by molar-refractivity contribution is -0.146. The molecular formula is C24H28N2O3. The van der Waals surface area contributed by atoms with Gasteiger partial charge in [-0.05, 0) is 36.8 Å². The number of aromatic nitrogens is 1. The van der Waals surface area contributed by atoms with E-state index in [1.54, 1.807) is 0 Å². The standard InChI is InChI=1S/C24H28N2O3/c1-2-12-25-19-11-7-6-10-17(19)18-13-15-14-26(16-8-4-3-5-9-16)23(27)20(15)21(22(18)25)24(28)29/h2,6-7,10-11,15-16,20-21H,1,3-5,8-9,12-14H2,(H,28,29). The van der Waals surface area contributed by atoms with Gasteiger partial charge in [-0.25, -0.2) is 0 Å². The lowest BCUT2D eigenvalue weighted by Gasteiger charge is -2.32. The summed E-state index contributed by atoms with van der Waals surface area (Å²) < 4.78 is 2.07. The Morgan fingerprint density at radius 2 is 1.97 bits per heavy atom. The Morgan fingerprint density at radius 1 is 1.21 bits per heavy atom. The maximum Gasteiger partial charge on any atom is 0.313 e. The van der Waals surface area contributed by atoms with Crippen LogP contribution in [0, 0.1) is 11.8 Å². The molecule has 3 aliphatic rings. The molecule has 3 atom stereocenters. The van der Waals surface area contributed by atoms with Crippen molar-refractivity contribution in [2.45, 2.75) is 57.0 Å². The summed E-state index contributed by atoms with van der Waals surface area (Å²) in [4.78, 5) is 28.0. The Kier molecular flexibility index (Phi) is 4.49. The van der Waals surface area contributed by atoms with Gasteiger partial charge in [-0.3, -0.25) is 9.59 Å². The summed E-state index contributed by atoms with van der Waals surface area (Å²) in [6, 6.07) is 8.42. The fourth-order valence-corrected chi connectivity index (χ4v) is 6.17. The molecule has 152 valence electrons. The van der Waals surface area contributed by atoms with Crippen molar-refractivity contribution in [2.75, 3.05) is 6.54 Å². The van der Waals surface area contributed by atoms with Crippen LogP contribution in [0.5, 0.6) is 0 Å². The Labute approximate surface area is 171 Å². The smallest absolute Gasteiger partial charge is 0.313 e. The second-order valence-electron chi connectivity index (χ2n) is 8.87. The quantitative estimate of drug-likeness (QED) is 0.801. The molecule has 0 spiro atoms. The third-order valence-electron chi connectivity index (χ3n) is 7.34. The van der Waals surface area contributed by atoms with E-state index in [-0.39, 0.29) is 11.8 Å². The van der Waals surface area contributed by atoms with Crippen molar-refractivity contribution < 1.29 is 14.7 Å². The summed E-state index contributed by atoms with van der Waals surface area (Å²) in [7, 11) is 0. The number of allylic oxidation sites excluding steroid dienone is 1. The van der Waals surface area contributed by atoms with Gasteiger partial charge >= 0.3 is 5.97 Å². The molecule has 1 aromatic heterocycles. The number of benzene rings is 1. The molecule has 29 heavy (non-hydrogen) atoms. The van der Waals surface area contributed by atoms with Crippen molar-refractivity contribution in [1.29, 1.82) is 0 Å². The van der Waals surface area contributed by atoms with Gasteiger partial charge in [0.05, 0.1) is 5.92 Å². The summed E-state index contributed by atoms with van der Waals surface area (Å²) in [5.74, 6) is -1.96. The van der Waals surface area contributed by atoms with E-state index in [1.807, 2.05) is 29.2 Å². The highest BCUT2D eigenvalue weighted by Gasteiger charge is 2.54. The van der Waals surface area contributed by atoms with Crippen molar-refractivity contribution in [3.8, 4) is 0 Å². The summed E-state index contributed by atoms with van der Waals surface area (Å²) in [5, 5.41) is 11.4. The number of likely N-dealkylation sites (tertiary alicyclic amines) is 1. The summed E-state index contributed by atoms with van der Waals surface area (Å²) in [5.41, 5.74) is 2.98. The SMILES string of the molecule is C=CCn1c2c(c3ccccc31)CC1CN(C3CCCCC3)C(=O)C1C2C(=O)O. The predicted octanol–water partition coefficient (Wildman–Crippen LogP) is 3.96. The molecule has 0 bridgehead atoms. The van der Waals surface area contributed by atoms with Crippen LogP contribution in [0.1, 0.15) is 49.3 Å². The van der Waals surface area contributed by atoms with Crippen molar-refractivity contribution in [1.82, 2.24) is 9.47 Å². The number of hydrogen-bond donors (Lipinski definition) is 1. The van der Waals surface area contributed by atoms with E-state index >= 15 is 0 Å². The molecule has 3 unspecified atom stereocenters. The van der Waals surface area contributed by atoms with Gasteiger partial charge in [0.25, 0.3) is 0 Å². The van der Waals surface area contributed by atoms with Crippen LogP contribution < -0.4 is 0 Å². The van der Waals surface area contributed by atoms with E-state index in [2.05, 4.69) is 17.2 Å². The second-order valence-corrected chi connectivity index (χ2v) is 8.87. The summed E-state index contributed by atoms with van der Waals surface area (Å²) >= 11 is 0. The third-order valence-corrected chi connectivity index (χ3v) is 7.34. The number of rotatable bonds is 4. The maximum absolute atomic E-state index is 13.5. The minimum absolute atomic E-state index is 0.0651. The van der Waals surface area contributed by atoms with E-state index in [0.717, 1.165) is 41.4 Å². The Balaban J connectivity index is 1.62. The predicted molar refractivity (Wildman–Crippen MR) is 112 cm³/mol. The van der Waals surface area contributed by atoms with Crippen LogP contribution in [0.25, 0.3) is 10.9 Å². The molecule has 1 saturated carbocycles. The van der Waals surface area contributed by atoms with Gasteiger partial charge < -0.3 is 14.6 Å². The first-order valence-electron chi connectivity index (χ1n) is 10.9. The zero-order valence-electron chi connectivity index (χ0n) is 16.7. The molecular weight excluding hydrogens is 364 g/mol. The van der Waals surface area contributed by atoms with Crippen molar-refractivity contribution >= 4 is 22.8 Å². The number of hydrogen-bond acceptors (Lipinski definition) is 2. The fourth-order valence-electron chi connectivity index (χ4n) is 6.17. The van der Waals surface area contributed by atoms with Gasteiger partial charge in [0.2, 0.25) is 5.91 Å². The van der Waals surface area contributed by atoms with Crippen LogP contribution in [-0.2, 0) is 22.6 Å². The molecule has 5 rings (SSSR count).